The van der Waals surface area contributed by atoms with Crippen LogP contribution in [0.2, 0.25) is 0 Å². The zero-order chi connectivity index (χ0) is 21.3. The van der Waals surface area contributed by atoms with Gasteiger partial charge in [-0.3, -0.25) is 14.8 Å². The number of benzene rings is 2. The van der Waals surface area contributed by atoms with Crippen LogP contribution in [0.5, 0.6) is 11.5 Å². The highest BCUT2D eigenvalue weighted by atomic mass is 32.2. The number of carbonyl (C=O) groups excluding carboxylic acids is 1. The van der Waals surface area contributed by atoms with Crippen LogP contribution in [-0.2, 0) is 14.8 Å². The predicted octanol–water partition coefficient (Wildman–Crippen LogP) is 1.96. The van der Waals surface area contributed by atoms with E-state index in [0.29, 0.717) is 11.3 Å². The number of aromatic nitrogens is 2. The quantitative estimate of drug-likeness (QED) is 0.282. The summed E-state index contributed by atoms with van der Waals surface area (Å²) in [7, 11) is -4.41. The van der Waals surface area contributed by atoms with Gasteiger partial charge in [0.15, 0.2) is 6.61 Å². The van der Waals surface area contributed by atoms with E-state index >= 15 is 0 Å². The molecule has 2 aromatic carbocycles. The van der Waals surface area contributed by atoms with Crippen molar-refractivity contribution in [1.82, 2.24) is 14.4 Å². The largest absolute Gasteiger partial charge is 0.506 e. The monoisotopic (exact) mass is 424 g/mol. The van der Waals surface area contributed by atoms with Crippen molar-refractivity contribution in [2.75, 3.05) is 6.61 Å². The summed E-state index contributed by atoms with van der Waals surface area (Å²) in [4.78, 5) is 20.4. The Balaban J connectivity index is 1.60. The van der Waals surface area contributed by atoms with E-state index in [1.807, 2.05) is 12.1 Å². The van der Waals surface area contributed by atoms with Gasteiger partial charge in [0, 0.05) is 23.2 Å². The first-order valence-electron chi connectivity index (χ1n) is 8.75. The molecule has 152 valence electrons. The number of nitrogens with zero attached hydrogens (tertiary/aromatic N) is 3. The number of amides is 1. The number of hydrogen-bond acceptors (Lipinski definition) is 8. The lowest BCUT2D eigenvalue weighted by Gasteiger charge is -2.18. The van der Waals surface area contributed by atoms with Crippen molar-refractivity contribution in [2.24, 2.45) is 5.84 Å². The van der Waals surface area contributed by atoms with Crippen molar-refractivity contribution in [1.29, 1.82) is 0 Å². The fourth-order valence-electron chi connectivity index (χ4n) is 2.99. The number of phenols is 1. The minimum atomic E-state index is -4.41. The molecule has 0 aliphatic carbocycles. The Labute approximate surface area is 171 Å². The zero-order valence-electron chi connectivity index (χ0n) is 15.5. The van der Waals surface area contributed by atoms with Crippen LogP contribution in [0.25, 0.3) is 21.8 Å². The average molecular weight is 424 g/mol. The molecule has 1 amide bonds. The predicted molar refractivity (Wildman–Crippen MR) is 109 cm³/mol. The molecule has 0 aliphatic heterocycles. The minimum absolute atomic E-state index is 0.0810. The van der Waals surface area contributed by atoms with Crippen molar-refractivity contribution in [3.8, 4) is 11.5 Å². The van der Waals surface area contributed by atoms with Gasteiger partial charge in [-0.25, -0.2) is 5.84 Å². The molecule has 0 atom stereocenters. The number of hydrazine groups is 1. The molecule has 30 heavy (non-hydrogen) atoms. The van der Waals surface area contributed by atoms with Crippen molar-refractivity contribution in [3.05, 3.63) is 67.0 Å². The highest BCUT2D eigenvalue weighted by molar-refractivity contribution is 7.89. The van der Waals surface area contributed by atoms with Crippen LogP contribution >= 0.6 is 0 Å². The molecular weight excluding hydrogens is 408 g/mol. The molecule has 0 aliphatic rings. The molecule has 3 N–H and O–H groups in total. The summed E-state index contributed by atoms with van der Waals surface area (Å²) in [5, 5.41) is 10.9. The van der Waals surface area contributed by atoms with E-state index in [1.165, 1.54) is 24.4 Å². The Bertz CT molecular complexity index is 1370. The van der Waals surface area contributed by atoms with Crippen LogP contribution in [-0.4, -0.2) is 40.4 Å². The molecule has 0 fully saturated rings. The van der Waals surface area contributed by atoms with Gasteiger partial charge in [-0.2, -0.15) is 12.8 Å². The molecule has 0 saturated heterocycles. The molecule has 9 nitrogen and oxygen atoms in total. The van der Waals surface area contributed by atoms with E-state index in [4.69, 9.17) is 10.6 Å². The molecule has 4 aromatic rings. The van der Waals surface area contributed by atoms with Crippen LogP contribution in [0.3, 0.4) is 0 Å². The number of carbonyl (C=O) groups is 1. The highest BCUT2D eigenvalue weighted by Gasteiger charge is 2.29. The van der Waals surface area contributed by atoms with Gasteiger partial charge in [-0.05, 0) is 36.4 Å². The first-order chi connectivity index (χ1) is 14.4. The second-order valence-electron chi connectivity index (χ2n) is 6.30. The number of nitrogens with two attached hydrogens (primary N) is 1. The van der Waals surface area contributed by atoms with E-state index in [9.17, 15) is 18.3 Å². The SMILES string of the molecule is NN(C(=O)COc1cccc2cccnc12)S(=O)(=O)c1ccc(O)c2ncccc12. The van der Waals surface area contributed by atoms with E-state index in [-0.39, 0.29) is 26.0 Å². The van der Waals surface area contributed by atoms with Crippen molar-refractivity contribution in [2.45, 2.75) is 4.90 Å². The second-order valence-corrected chi connectivity index (χ2v) is 8.08. The lowest BCUT2D eigenvalue weighted by atomic mass is 10.2. The lowest BCUT2D eigenvalue weighted by molar-refractivity contribution is -0.128. The molecule has 2 aromatic heterocycles. The Morgan fingerprint density at radius 1 is 1.00 bits per heavy atom. The maximum absolute atomic E-state index is 12.9. The van der Waals surface area contributed by atoms with E-state index in [1.54, 1.807) is 24.4 Å². The third-order valence-electron chi connectivity index (χ3n) is 4.44. The molecule has 0 radical (unpaired) electrons. The van der Waals surface area contributed by atoms with Crippen molar-refractivity contribution in [3.63, 3.8) is 0 Å². The molecular formula is C20H16N4O5S. The van der Waals surface area contributed by atoms with E-state index in [0.717, 1.165) is 11.5 Å². The highest BCUT2D eigenvalue weighted by Crippen LogP contribution is 2.29. The number of sulfonamides is 1. The van der Waals surface area contributed by atoms with Crippen LogP contribution in [0.15, 0.2) is 71.9 Å². The Kier molecular flexibility index (Phi) is 4.94. The number of aromatic hydroxyl groups is 1. The molecule has 0 unspecified atom stereocenters. The number of para-hydroxylation sites is 1. The number of fused-ring (bicyclic) bond motifs is 2. The number of ether oxygens (including phenoxy) is 1. The third kappa shape index (κ3) is 3.38. The van der Waals surface area contributed by atoms with Gasteiger partial charge in [-0.1, -0.05) is 18.2 Å². The number of phenolic OH excluding ortho intramolecular Hbond substituents is 1. The summed E-state index contributed by atoms with van der Waals surface area (Å²) in [5.74, 6) is 4.81. The summed E-state index contributed by atoms with van der Waals surface area (Å²) >= 11 is 0. The molecule has 0 saturated carbocycles. The molecule has 2 heterocycles. The first-order valence-corrected chi connectivity index (χ1v) is 10.2. The summed E-state index contributed by atoms with van der Waals surface area (Å²) in [6.07, 6.45) is 3.00. The maximum Gasteiger partial charge on any atom is 0.288 e. The average Bonchev–Trinajstić information content (AvgIpc) is 2.77. The van der Waals surface area contributed by atoms with Gasteiger partial charge >= 0.3 is 0 Å². The van der Waals surface area contributed by atoms with Gasteiger partial charge in [0.05, 0.1) is 4.90 Å². The van der Waals surface area contributed by atoms with Crippen LogP contribution in [0.1, 0.15) is 0 Å². The number of hydrogen-bond donors (Lipinski definition) is 2. The van der Waals surface area contributed by atoms with Gasteiger partial charge in [0.25, 0.3) is 15.9 Å². The second kappa shape index (κ2) is 7.58. The van der Waals surface area contributed by atoms with Gasteiger partial charge < -0.3 is 9.84 Å². The van der Waals surface area contributed by atoms with Crippen LogP contribution in [0.4, 0.5) is 0 Å². The van der Waals surface area contributed by atoms with Crippen LogP contribution < -0.4 is 10.6 Å². The van der Waals surface area contributed by atoms with Crippen LogP contribution in [0, 0.1) is 0 Å². The summed E-state index contributed by atoms with van der Waals surface area (Å²) < 4.78 is 31.5. The Hall–Kier alpha value is -3.76. The molecule has 0 bridgehead atoms. The number of pyridine rings is 2. The minimum Gasteiger partial charge on any atom is -0.506 e. The Morgan fingerprint density at radius 3 is 2.50 bits per heavy atom. The maximum atomic E-state index is 12.9. The Morgan fingerprint density at radius 2 is 1.70 bits per heavy atom. The molecule has 4 rings (SSSR count). The lowest BCUT2D eigenvalue weighted by Crippen LogP contribution is -2.45. The molecule has 10 heteroatoms. The van der Waals surface area contributed by atoms with E-state index in [2.05, 4.69) is 9.97 Å². The third-order valence-corrected chi connectivity index (χ3v) is 6.07. The molecule has 0 spiro atoms. The normalized spacial score (nSPS) is 11.5. The van der Waals surface area contributed by atoms with Crippen molar-refractivity contribution < 1.29 is 23.1 Å². The summed E-state index contributed by atoms with van der Waals surface area (Å²) in [6.45, 7) is -0.611. The van der Waals surface area contributed by atoms with Gasteiger partial charge in [0.2, 0.25) is 0 Å². The van der Waals surface area contributed by atoms with Gasteiger partial charge in [0.1, 0.15) is 22.5 Å². The van der Waals surface area contributed by atoms with E-state index < -0.39 is 22.5 Å². The topological polar surface area (TPSA) is 136 Å². The first kappa shape index (κ1) is 19.6. The summed E-state index contributed by atoms with van der Waals surface area (Å²) in [6, 6.07) is 14.1. The van der Waals surface area contributed by atoms with Gasteiger partial charge in [-0.15, -0.1) is 0 Å². The zero-order valence-corrected chi connectivity index (χ0v) is 16.3. The fraction of sp³-hybridized carbons (Fsp3) is 0.0500. The number of rotatable bonds is 5. The smallest absolute Gasteiger partial charge is 0.288 e. The standard InChI is InChI=1S/C20H16N4O5S/c21-24(18(26)12-29-16-7-1-4-13-5-2-10-22-19(13)16)30(27,28)17-9-8-15(25)20-14(17)6-3-11-23-20/h1-11,25H,12,21H2. The fourth-order valence-corrected chi connectivity index (χ4v) is 4.21. The van der Waals surface area contributed by atoms with Crippen molar-refractivity contribution >= 4 is 37.7 Å². The summed E-state index contributed by atoms with van der Waals surface area (Å²) in [5.41, 5.74) is 0.618.